The minimum absolute atomic E-state index is 0.619. The van der Waals surface area contributed by atoms with Gasteiger partial charge in [0, 0.05) is 12.4 Å². The Balaban J connectivity index is 0.000000202. The molecule has 1 heterocycles. The summed E-state index contributed by atoms with van der Waals surface area (Å²) in [7, 11) is 0. The zero-order valence-corrected chi connectivity index (χ0v) is 17.8. The molecule has 0 bridgehead atoms. The molecule has 0 radical (unpaired) electrons. The summed E-state index contributed by atoms with van der Waals surface area (Å²) in [4.78, 5) is 3.93. The van der Waals surface area contributed by atoms with Crippen molar-refractivity contribution < 1.29 is 0 Å². The predicted octanol–water partition coefficient (Wildman–Crippen LogP) is 7.83. The standard InChI is InChI=1S/2C9H12.C8H11N/c2*1-8(2)9-6-4-3-5-7-9;1-7(2)8-3-5-9-6-4-8/h2*3-8H,1-2H3;3-7H,1-2H3. The normalized spacial score (nSPS) is 10.1. The minimum atomic E-state index is 0.619. The Kier molecular flexibility index (Phi) is 10.8. The van der Waals surface area contributed by atoms with Gasteiger partial charge >= 0.3 is 0 Å². The molecule has 0 saturated heterocycles. The molecule has 27 heavy (non-hydrogen) atoms. The van der Waals surface area contributed by atoms with E-state index in [9.17, 15) is 0 Å². The first-order valence-corrected chi connectivity index (χ1v) is 9.91. The smallest absolute Gasteiger partial charge is 0.0270 e. The molecule has 1 heteroatoms. The van der Waals surface area contributed by atoms with Crippen molar-refractivity contribution in [1.82, 2.24) is 4.98 Å². The average molecular weight is 362 g/mol. The fraction of sp³-hybridized carbons (Fsp3) is 0.346. The van der Waals surface area contributed by atoms with Gasteiger partial charge < -0.3 is 0 Å². The van der Waals surface area contributed by atoms with Crippen LogP contribution in [0.5, 0.6) is 0 Å². The van der Waals surface area contributed by atoms with Crippen LogP contribution in [0.4, 0.5) is 0 Å². The lowest BCUT2D eigenvalue weighted by Crippen LogP contribution is -1.85. The molecule has 2 aromatic carbocycles. The second-order valence-electron chi connectivity index (χ2n) is 7.57. The Hall–Kier alpha value is -2.41. The Labute approximate surface area is 166 Å². The van der Waals surface area contributed by atoms with Gasteiger partial charge in [-0.25, -0.2) is 0 Å². The van der Waals surface area contributed by atoms with Crippen LogP contribution < -0.4 is 0 Å². The van der Waals surface area contributed by atoms with Crippen molar-refractivity contribution in [2.45, 2.75) is 59.3 Å². The van der Waals surface area contributed by atoms with E-state index in [1.807, 2.05) is 36.7 Å². The lowest BCUT2D eigenvalue weighted by molar-refractivity contribution is 0.863. The van der Waals surface area contributed by atoms with Gasteiger partial charge in [-0.3, -0.25) is 4.98 Å². The first-order chi connectivity index (χ1) is 12.9. The highest BCUT2D eigenvalue weighted by Gasteiger charge is 1.95. The van der Waals surface area contributed by atoms with Crippen molar-refractivity contribution in [2.24, 2.45) is 0 Å². The summed E-state index contributed by atoms with van der Waals surface area (Å²) in [6.07, 6.45) is 3.66. The number of nitrogens with zero attached hydrogens (tertiary/aromatic N) is 1. The molecule has 0 spiro atoms. The van der Waals surface area contributed by atoms with Gasteiger partial charge in [-0.05, 0) is 46.6 Å². The Morgan fingerprint density at radius 2 is 0.741 bits per heavy atom. The van der Waals surface area contributed by atoms with E-state index in [-0.39, 0.29) is 0 Å². The van der Waals surface area contributed by atoms with E-state index in [4.69, 9.17) is 0 Å². The lowest BCUT2D eigenvalue weighted by atomic mass is 10.0. The second-order valence-corrected chi connectivity index (χ2v) is 7.57. The third-order valence-electron chi connectivity index (χ3n) is 4.31. The molecule has 3 rings (SSSR count). The Morgan fingerprint density at radius 3 is 0.963 bits per heavy atom. The van der Waals surface area contributed by atoms with Crippen molar-refractivity contribution in [3.63, 3.8) is 0 Å². The SMILES string of the molecule is CC(C)c1ccccc1.CC(C)c1ccccc1.CC(C)c1ccncc1. The van der Waals surface area contributed by atoms with Crippen LogP contribution in [0.2, 0.25) is 0 Å². The summed E-state index contributed by atoms with van der Waals surface area (Å²) >= 11 is 0. The lowest BCUT2D eigenvalue weighted by Gasteiger charge is -2.01. The third-order valence-corrected chi connectivity index (χ3v) is 4.31. The molecule has 3 aromatic rings. The first kappa shape index (κ1) is 22.6. The van der Waals surface area contributed by atoms with E-state index in [1.54, 1.807) is 0 Å². The maximum absolute atomic E-state index is 3.93. The second kappa shape index (κ2) is 12.9. The molecule has 1 aromatic heterocycles. The summed E-state index contributed by atoms with van der Waals surface area (Å²) in [6.45, 7) is 13.2. The molecule has 0 amide bonds. The van der Waals surface area contributed by atoms with E-state index >= 15 is 0 Å². The summed E-state index contributed by atoms with van der Waals surface area (Å²) < 4.78 is 0. The summed E-state index contributed by atoms with van der Waals surface area (Å²) in [5.74, 6) is 1.94. The quantitative estimate of drug-likeness (QED) is 0.463. The zero-order valence-electron chi connectivity index (χ0n) is 17.8. The topological polar surface area (TPSA) is 12.9 Å². The molecular formula is C26H35N. The van der Waals surface area contributed by atoms with E-state index in [0.29, 0.717) is 17.8 Å². The van der Waals surface area contributed by atoms with Gasteiger partial charge in [0.05, 0.1) is 0 Å². The maximum Gasteiger partial charge on any atom is 0.0270 e. The molecule has 0 saturated carbocycles. The summed E-state index contributed by atoms with van der Waals surface area (Å²) in [6, 6.07) is 25.1. The molecule has 0 aliphatic rings. The maximum atomic E-state index is 3.93. The van der Waals surface area contributed by atoms with Crippen molar-refractivity contribution in [3.05, 3.63) is 102 Å². The van der Waals surface area contributed by atoms with E-state index in [0.717, 1.165) is 0 Å². The number of hydrogen-bond acceptors (Lipinski definition) is 1. The fourth-order valence-electron chi connectivity index (χ4n) is 2.42. The van der Waals surface area contributed by atoms with Gasteiger partial charge in [-0.1, -0.05) is 102 Å². The Bertz CT molecular complexity index is 598. The van der Waals surface area contributed by atoms with Crippen LogP contribution in [0.3, 0.4) is 0 Å². The molecule has 1 nitrogen and oxygen atoms in total. The number of hydrogen-bond donors (Lipinski definition) is 0. The van der Waals surface area contributed by atoms with Crippen LogP contribution >= 0.6 is 0 Å². The van der Waals surface area contributed by atoms with Gasteiger partial charge in [-0.15, -0.1) is 0 Å². The van der Waals surface area contributed by atoms with Crippen LogP contribution in [0.15, 0.2) is 85.2 Å². The number of aromatic nitrogens is 1. The van der Waals surface area contributed by atoms with Gasteiger partial charge in [0.1, 0.15) is 0 Å². The zero-order chi connectivity index (χ0) is 20.1. The van der Waals surface area contributed by atoms with Gasteiger partial charge in [-0.2, -0.15) is 0 Å². The highest BCUT2D eigenvalue weighted by Crippen LogP contribution is 2.12. The molecule has 0 atom stereocenters. The van der Waals surface area contributed by atoms with Crippen molar-refractivity contribution in [2.75, 3.05) is 0 Å². The number of rotatable bonds is 3. The minimum Gasteiger partial charge on any atom is -0.265 e. The van der Waals surface area contributed by atoms with Crippen LogP contribution in [0.25, 0.3) is 0 Å². The predicted molar refractivity (Wildman–Crippen MR) is 119 cm³/mol. The first-order valence-electron chi connectivity index (χ1n) is 9.91. The molecule has 0 aliphatic carbocycles. The third kappa shape index (κ3) is 9.75. The fourth-order valence-corrected chi connectivity index (χ4v) is 2.42. The summed E-state index contributed by atoms with van der Waals surface area (Å²) in [5, 5.41) is 0. The highest BCUT2D eigenvalue weighted by atomic mass is 14.6. The van der Waals surface area contributed by atoms with Gasteiger partial charge in [0.25, 0.3) is 0 Å². The van der Waals surface area contributed by atoms with E-state index in [1.165, 1.54) is 16.7 Å². The van der Waals surface area contributed by atoms with Crippen molar-refractivity contribution in [1.29, 1.82) is 0 Å². The van der Waals surface area contributed by atoms with Crippen molar-refractivity contribution >= 4 is 0 Å². The number of pyridine rings is 1. The van der Waals surface area contributed by atoms with Crippen LogP contribution in [-0.2, 0) is 0 Å². The van der Waals surface area contributed by atoms with Gasteiger partial charge in [0.15, 0.2) is 0 Å². The van der Waals surface area contributed by atoms with Gasteiger partial charge in [0.2, 0.25) is 0 Å². The van der Waals surface area contributed by atoms with Crippen LogP contribution in [-0.4, -0.2) is 4.98 Å². The Morgan fingerprint density at radius 1 is 0.444 bits per heavy atom. The van der Waals surface area contributed by atoms with E-state index < -0.39 is 0 Å². The molecule has 0 aliphatic heterocycles. The average Bonchev–Trinajstić information content (AvgIpc) is 2.71. The molecule has 0 N–H and O–H groups in total. The molecular weight excluding hydrogens is 326 g/mol. The summed E-state index contributed by atoms with van der Waals surface area (Å²) in [5.41, 5.74) is 4.18. The molecule has 144 valence electrons. The number of benzene rings is 2. The van der Waals surface area contributed by atoms with Crippen LogP contribution in [0, 0.1) is 0 Å². The largest absolute Gasteiger partial charge is 0.265 e. The molecule has 0 fully saturated rings. The van der Waals surface area contributed by atoms with Crippen LogP contribution in [0.1, 0.15) is 76.0 Å². The highest BCUT2D eigenvalue weighted by molar-refractivity contribution is 5.18. The molecule has 0 unspecified atom stereocenters. The van der Waals surface area contributed by atoms with E-state index in [2.05, 4.69) is 95.1 Å². The van der Waals surface area contributed by atoms with Crippen molar-refractivity contribution in [3.8, 4) is 0 Å². The monoisotopic (exact) mass is 361 g/mol.